The highest BCUT2D eigenvalue weighted by Crippen LogP contribution is 2.36. The summed E-state index contributed by atoms with van der Waals surface area (Å²) in [5.74, 6) is -1.70. The number of nitro benzene ring substituents is 1. The van der Waals surface area contributed by atoms with Crippen LogP contribution in [0.1, 0.15) is 38.3 Å². The number of hydrogen-bond acceptors (Lipinski definition) is 7. The number of ether oxygens (including phenoxy) is 1. The Morgan fingerprint density at radius 2 is 1.75 bits per heavy atom. The molecule has 2 amide bonds. The van der Waals surface area contributed by atoms with E-state index in [1.54, 1.807) is 6.92 Å². The zero-order valence-corrected chi connectivity index (χ0v) is 26.5. The summed E-state index contributed by atoms with van der Waals surface area (Å²) in [6.07, 6.45) is 0.633. The SMILES string of the molecule is CCC(C)NC(=O)C(C)N(Cc1ccc(F)cc1)C(=O)CN(c1cc(Cl)ccc1OC)S(=O)(=O)c1ccc(C)c([N+](=O)[O-])c1. The third-order valence-corrected chi connectivity index (χ3v) is 9.08. The number of benzene rings is 3. The number of hydrogen-bond donors (Lipinski definition) is 1. The van der Waals surface area contributed by atoms with Crippen LogP contribution in [-0.2, 0) is 26.2 Å². The van der Waals surface area contributed by atoms with E-state index < -0.39 is 55.7 Å². The number of aryl methyl sites for hydroxylation is 1. The molecule has 0 bridgehead atoms. The Balaban J connectivity index is 2.15. The van der Waals surface area contributed by atoms with Gasteiger partial charge in [-0.05, 0) is 69.2 Å². The molecule has 3 rings (SSSR count). The number of sulfonamides is 1. The Kier molecular flexibility index (Phi) is 11.3. The minimum atomic E-state index is -4.66. The Morgan fingerprint density at radius 3 is 2.34 bits per heavy atom. The van der Waals surface area contributed by atoms with Gasteiger partial charge in [-0.2, -0.15) is 0 Å². The van der Waals surface area contributed by atoms with Gasteiger partial charge in [-0.25, -0.2) is 12.8 Å². The number of carbonyl (C=O) groups is 2. The highest BCUT2D eigenvalue weighted by molar-refractivity contribution is 7.92. The summed E-state index contributed by atoms with van der Waals surface area (Å²) in [6, 6.07) is 11.6. The molecule has 0 aliphatic carbocycles. The summed E-state index contributed by atoms with van der Waals surface area (Å²) in [7, 11) is -3.36. The Morgan fingerprint density at radius 1 is 1.09 bits per heavy atom. The van der Waals surface area contributed by atoms with Gasteiger partial charge in [0.15, 0.2) is 0 Å². The second kappa shape index (κ2) is 14.5. The molecule has 0 spiro atoms. The molecule has 11 nitrogen and oxygen atoms in total. The van der Waals surface area contributed by atoms with Crippen LogP contribution >= 0.6 is 11.6 Å². The van der Waals surface area contributed by atoms with Gasteiger partial charge in [-0.1, -0.05) is 36.7 Å². The molecule has 1 N–H and O–H groups in total. The predicted molar refractivity (Wildman–Crippen MR) is 165 cm³/mol. The van der Waals surface area contributed by atoms with Gasteiger partial charge in [0, 0.05) is 29.2 Å². The summed E-state index contributed by atoms with van der Waals surface area (Å²) in [5, 5.41) is 14.6. The standard InChI is InChI=1S/C30H34ClFN4O7S/c1-6-20(3)33-30(38)21(4)34(17-22-8-11-24(32)12-9-22)29(37)18-35(27-15-23(31)10-14-28(27)43-5)44(41,42)25-13-7-19(2)26(16-25)36(39)40/h7-16,20-21H,6,17-18H2,1-5H3,(H,33,38). The molecular formula is C30H34ClFN4O7S. The summed E-state index contributed by atoms with van der Waals surface area (Å²) in [4.78, 5) is 38.9. The van der Waals surface area contributed by atoms with Crippen molar-refractivity contribution in [3.8, 4) is 5.75 Å². The number of carbonyl (C=O) groups excluding carboxylic acids is 2. The minimum absolute atomic E-state index is 0.0556. The molecule has 0 aliphatic heterocycles. The van der Waals surface area contributed by atoms with E-state index in [2.05, 4.69) is 5.32 Å². The molecule has 0 saturated carbocycles. The van der Waals surface area contributed by atoms with E-state index in [1.165, 1.54) is 80.5 Å². The molecule has 236 valence electrons. The van der Waals surface area contributed by atoms with Gasteiger partial charge in [0.1, 0.15) is 24.2 Å². The highest BCUT2D eigenvalue weighted by atomic mass is 35.5. The topological polar surface area (TPSA) is 139 Å². The van der Waals surface area contributed by atoms with Crippen molar-refractivity contribution in [2.45, 2.75) is 57.6 Å². The number of nitro groups is 1. The maximum Gasteiger partial charge on any atom is 0.273 e. The first-order valence-electron chi connectivity index (χ1n) is 13.6. The zero-order valence-electron chi connectivity index (χ0n) is 24.9. The van der Waals surface area contributed by atoms with Crippen molar-refractivity contribution >= 4 is 44.8 Å². The smallest absolute Gasteiger partial charge is 0.273 e. The lowest BCUT2D eigenvalue weighted by molar-refractivity contribution is -0.385. The number of amides is 2. The lowest BCUT2D eigenvalue weighted by Crippen LogP contribution is -2.52. The number of halogens is 2. The Bertz CT molecular complexity index is 1640. The van der Waals surface area contributed by atoms with E-state index in [9.17, 15) is 32.5 Å². The molecule has 0 heterocycles. The van der Waals surface area contributed by atoms with E-state index in [4.69, 9.17) is 16.3 Å². The fourth-order valence-electron chi connectivity index (χ4n) is 4.28. The molecule has 14 heteroatoms. The molecule has 0 aliphatic rings. The van der Waals surface area contributed by atoms with Crippen LogP contribution in [0.4, 0.5) is 15.8 Å². The van der Waals surface area contributed by atoms with Crippen LogP contribution in [0.5, 0.6) is 5.75 Å². The van der Waals surface area contributed by atoms with Crippen LogP contribution < -0.4 is 14.4 Å². The first-order chi connectivity index (χ1) is 20.7. The van der Waals surface area contributed by atoms with Crippen molar-refractivity contribution in [3.05, 3.63) is 92.7 Å². The van der Waals surface area contributed by atoms with Crippen molar-refractivity contribution in [1.29, 1.82) is 0 Å². The van der Waals surface area contributed by atoms with E-state index in [0.29, 0.717) is 12.0 Å². The summed E-state index contributed by atoms with van der Waals surface area (Å²) < 4.78 is 48.1. The predicted octanol–water partition coefficient (Wildman–Crippen LogP) is 5.23. The van der Waals surface area contributed by atoms with Crippen molar-refractivity contribution in [2.24, 2.45) is 0 Å². The van der Waals surface area contributed by atoms with Crippen LogP contribution in [0.15, 0.2) is 65.6 Å². The first-order valence-corrected chi connectivity index (χ1v) is 15.5. The van der Waals surface area contributed by atoms with Crippen molar-refractivity contribution in [2.75, 3.05) is 18.0 Å². The molecule has 44 heavy (non-hydrogen) atoms. The molecule has 0 radical (unpaired) electrons. The quantitative estimate of drug-likeness (QED) is 0.198. The second-order valence-electron chi connectivity index (χ2n) is 10.2. The number of anilines is 1. The normalized spacial score (nSPS) is 12.6. The van der Waals surface area contributed by atoms with Crippen molar-refractivity contribution in [3.63, 3.8) is 0 Å². The van der Waals surface area contributed by atoms with Crippen LogP contribution in [0.2, 0.25) is 5.02 Å². The van der Waals surface area contributed by atoms with E-state index in [0.717, 1.165) is 10.4 Å². The lowest BCUT2D eigenvalue weighted by atomic mass is 10.1. The number of nitrogens with one attached hydrogen (secondary N) is 1. The summed E-state index contributed by atoms with van der Waals surface area (Å²) in [5.41, 5.74) is 0.203. The molecule has 0 aromatic heterocycles. The molecule has 2 unspecified atom stereocenters. The summed E-state index contributed by atoms with van der Waals surface area (Å²) in [6.45, 7) is 5.68. The maximum atomic E-state index is 14.2. The lowest BCUT2D eigenvalue weighted by Gasteiger charge is -2.32. The van der Waals surface area contributed by atoms with Crippen LogP contribution in [0.25, 0.3) is 0 Å². The maximum absolute atomic E-state index is 14.2. The molecule has 0 saturated heterocycles. The van der Waals surface area contributed by atoms with Gasteiger partial charge in [0.25, 0.3) is 15.7 Å². The zero-order chi connectivity index (χ0) is 32.8. The largest absolute Gasteiger partial charge is 0.495 e. The summed E-state index contributed by atoms with van der Waals surface area (Å²) >= 11 is 6.23. The minimum Gasteiger partial charge on any atom is -0.495 e. The average Bonchev–Trinajstić information content (AvgIpc) is 2.98. The van der Waals surface area contributed by atoms with Crippen LogP contribution in [0, 0.1) is 22.9 Å². The third kappa shape index (κ3) is 8.03. The Labute approximate surface area is 260 Å². The van der Waals surface area contributed by atoms with Crippen LogP contribution in [-0.4, -0.2) is 55.8 Å². The third-order valence-electron chi connectivity index (χ3n) is 7.09. The fourth-order valence-corrected chi connectivity index (χ4v) is 5.88. The Hall–Kier alpha value is -4.23. The molecule has 3 aromatic rings. The highest BCUT2D eigenvalue weighted by Gasteiger charge is 2.35. The van der Waals surface area contributed by atoms with Gasteiger partial charge in [-0.3, -0.25) is 24.0 Å². The number of rotatable bonds is 13. The van der Waals surface area contributed by atoms with E-state index in [1.807, 2.05) is 6.92 Å². The van der Waals surface area contributed by atoms with Crippen molar-refractivity contribution in [1.82, 2.24) is 10.2 Å². The van der Waals surface area contributed by atoms with Gasteiger partial charge >= 0.3 is 0 Å². The van der Waals surface area contributed by atoms with Gasteiger partial charge in [-0.15, -0.1) is 0 Å². The molecular weight excluding hydrogens is 615 g/mol. The average molecular weight is 649 g/mol. The fraction of sp³-hybridized carbons (Fsp3) is 0.333. The molecule has 0 fully saturated rings. The second-order valence-corrected chi connectivity index (χ2v) is 12.5. The van der Waals surface area contributed by atoms with Crippen molar-refractivity contribution < 1.29 is 32.1 Å². The van der Waals surface area contributed by atoms with Crippen LogP contribution in [0.3, 0.4) is 0 Å². The molecule has 2 atom stereocenters. The number of methoxy groups -OCH3 is 1. The molecule has 3 aromatic carbocycles. The van der Waals surface area contributed by atoms with Gasteiger partial charge < -0.3 is 15.0 Å². The monoisotopic (exact) mass is 648 g/mol. The van der Waals surface area contributed by atoms with E-state index in [-0.39, 0.29) is 34.6 Å². The van der Waals surface area contributed by atoms with Gasteiger partial charge in [0.2, 0.25) is 11.8 Å². The van der Waals surface area contributed by atoms with E-state index >= 15 is 0 Å². The number of nitrogens with zero attached hydrogens (tertiary/aromatic N) is 3. The first kappa shape index (κ1) is 34.3. The van der Waals surface area contributed by atoms with Gasteiger partial charge in [0.05, 0.1) is 22.6 Å².